The molecule has 2 unspecified atom stereocenters. The van der Waals surface area contributed by atoms with Crippen molar-refractivity contribution in [1.82, 2.24) is 10.3 Å². The number of aromatic nitrogens is 1. The van der Waals surface area contributed by atoms with Gasteiger partial charge in [0.05, 0.1) is 11.7 Å². The van der Waals surface area contributed by atoms with Gasteiger partial charge in [0, 0.05) is 25.0 Å². The Labute approximate surface area is 122 Å². The molecule has 1 aromatic heterocycles. The monoisotopic (exact) mass is 302 g/mol. The molecule has 0 aromatic carbocycles. The summed E-state index contributed by atoms with van der Waals surface area (Å²) < 4.78 is 44.9. The summed E-state index contributed by atoms with van der Waals surface area (Å²) >= 11 is 0. The summed E-state index contributed by atoms with van der Waals surface area (Å²) in [5.41, 5.74) is -0.374. The highest BCUT2D eigenvalue weighted by Crippen LogP contribution is 2.35. The SMILES string of the molecule is CCNC(CCC1CCCO1)c1cnccc1C(F)(F)F. The molecule has 2 atom stereocenters. The number of hydrogen-bond donors (Lipinski definition) is 1. The number of ether oxygens (including phenoxy) is 1. The highest BCUT2D eigenvalue weighted by molar-refractivity contribution is 5.29. The van der Waals surface area contributed by atoms with Crippen molar-refractivity contribution in [2.24, 2.45) is 0 Å². The van der Waals surface area contributed by atoms with Gasteiger partial charge in [-0.2, -0.15) is 13.2 Å². The molecule has 118 valence electrons. The normalized spacial score (nSPS) is 20.7. The van der Waals surface area contributed by atoms with E-state index in [1.165, 1.54) is 12.4 Å². The van der Waals surface area contributed by atoms with Crippen LogP contribution in [-0.2, 0) is 10.9 Å². The fourth-order valence-electron chi connectivity index (χ4n) is 2.78. The predicted octanol–water partition coefficient (Wildman–Crippen LogP) is 3.71. The van der Waals surface area contributed by atoms with Crippen LogP contribution in [0.1, 0.15) is 49.8 Å². The second-order valence-corrected chi connectivity index (χ2v) is 5.28. The van der Waals surface area contributed by atoms with Gasteiger partial charge in [0.15, 0.2) is 0 Å². The van der Waals surface area contributed by atoms with E-state index in [0.29, 0.717) is 13.0 Å². The molecular weight excluding hydrogens is 281 g/mol. The quantitative estimate of drug-likeness (QED) is 0.870. The van der Waals surface area contributed by atoms with E-state index < -0.39 is 11.7 Å². The van der Waals surface area contributed by atoms with Crippen molar-refractivity contribution >= 4 is 0 Å². The van der Waals surface area contributed by atoms with Crippen molar-refractivity contribution < 1.29 is 17.9 Å². The van der Waals surface area contributed by atoms with Crippen molar-refractivity contribution in [3.63, 3.8) is 0 Å². The van der Waals surface area contributed by atoms with Crippen LogP contribution in [-0.4, -0.2) is 24.2 Å². The Balaban J connectivity index is 2.13. The Morgan fingerprint density at radius 2 is 2.29 bits per heavy atom. The van der Waals surface area contributed by atoms with Crippen molar-refractivity contribution in [2.45, 2.75) is 50.9 Å². The molecule has 2 heterocycles. The van der Waals surface area contributed by atoms with Crippen molar-refractivity contribution in [2.75, 3.05) is 13.2 Å². The predicted molar refractivity (Wildman–Crippen MR) is 73.9 cm³/mol. The molecule has 1 fully saturated rings. The van der Waals surface area contributed by atoms with Crippen LogP contribution in [0.5, 0.6) is 0 Å². The molecule has 0 saturated carbocycles. The van der Waals surface area contributed by atoms with Crippen molar-refractivity contribution in [3.8, 4) is 0 Å². The lowest BCUT2D eigenvalue weighted by Crippen LogP contribution is -2.25. The van der Waals surface area contributed by atoms with E-state index in [-0.39, 0.29) is 17.7 Å². The Bertz CT molecular complexity index is 445. The topological polar surface area (TPSA) is 34.1 Å². The zero-order valence-electron chi connectivity index (χ0n) is 12.1. The molecule has 3 nitrogen and oxygen atoms in total. The van der Waals surface area contributed by atoms with Gasteiger partial charge in [-0.15, -0.1) is 0 Å². The number of hydrogen-bond acceptors (Lipinski definition) is 3. The lowest BCUT2D eigenvalue weighted by Gasteiger charge is -2.23. The van der Waals surface area contributed by atoms with E-state index in [1.807, 2.05) is 6.92 Å². The first-order valence-electron chi connectivity index (χ1n) is 7.38. The van der Waals surface area contributed by atoms with Gasteiger partial charge in [-0.3, -0.25) is 4.98 Å². The highest BCUT2D eigenvalue weighted by Gasteiger charge is 2.35. The summed E-state index contributed by atoms with van der Waals surface area (Å²) in [7, 11) is 0. The summed E-state index contributed by atoms with van der Waals surface area (Å²) in [4.78, 5) is 3.87. The second-order valence-electron chi connectivity index (χ2n) is 5.28. The first-order chi connectivity index (χ1) is 10.0. The van der Waals surface area contributed by atoms with Gasteiger partial charge in [-0.05, 0) is 43.9 Å². The number of nitrogens with one attached hydrogen (secondary N) is 1. The number of rotatable bonds is 6. The van der Waals surface area contributed by atoms with Crippen LogP contribution < -0.4 is 5.32 Å². The summed E-state index contributed by atoms with van der Waals surface area (Å²) in [5.74, 6) is 0. The molecule has 0 bridgehead atoms. The molecule has 0 amide bonds. The molecule has 1 N–H and O–H groups in total. The van der Waals surface area contributed by atoms with E-state index in [4.69, 9.17) is 4.74 Å². The van der Waals surface area contributed by atoms with Gasteiger partial charge in [0.1, 0.15) is 0 Å². The van der Waals surface area contributed by atoms with Crippen molar-refractivity contribution in [3.05, 3.63) is 29.6 Å². The largest absolute Gasteiger partial charge is 0.416 e. The minimum absolute atomic E-state index is 0.178. The van der Waals surface area contributed by atoms with E-state index in [1.54, 1.807) is 0 Å². The third-order valence-corrected chi connectivity index (χ3v) is 3.78. The smallest absolute Gasteiger partial charge is 0.378 e. The van der Waals surface area contributed by atoms with Crippen LogP contribution in [0.4, 0.5) is 13.2 Å². The summed E-state index contributed by atoms with van der Waals surface area (Å²) in [6.07, 6.45) is 1.76. The second kappa shape index (κ2) is 7.22. The first kappa shape index (κ1) is 16.2. The summed E-state index contributed by atoms with van der Waals surface area (Å²) in [6.45, 7) is 3.27. The Kier molecular flexibility index (Phi) is 5.58. The molecule has 1 saturated heterocycles. The van der Waals surface area contributed by atoms with Crippen LogP contribution in [0.3, 0.4) is 0 Å². The zero-order valence-corrected chi connectivity index (χ0v) is 12.1. The van der Waals surface area contributed by atoms with Crippen LogP contribution in [0.25, 0.3) is 0 Å². The average molecular weight is 302 g/mol. The number of halogens is 3. The first-order valence-corrected chi connectivity index (χ1v) is 7.38. The third kappa shape index (κ3) is 4.41. The molecule has 1 aromatic rings. The third-order valence-electron chi connectivity index (χ3n) is 3.78. The van der Waals surface area contributed by atoms with E-state index in [9.17, 15) is 13.2 Å². The van der Waals surface area contributed by atoms with Gasteiger partial charge < -0.3 is 10.1 Å². The minimum Gasteiger partial charge on any atom is -0.378 e. The summed E-state index contributed by atoms with van der Waals surface area (Å²) in [6, 6.07) is 0.704. The van der Waals surface area contributed by atoms with Crippen LogP contribution >= 0.6 is 0 Å². The Morgan fingerprint density at radius 1 is 1.48 bits per heavy atom. The molecular formula is C15H21F3N2O. The molecule has 21 heavy (non-hydrogen) atoms. The molecule has 1 aliphatic rings. The van der Waals surface area contributed by atoms with Crippen molar-refractivity contribution in [1.29, 1.82) is 0 Å². The average Bonchev–Trinajstić information content (AvgIpc) is 2.96. The number of pyridine rings is 1. The lowest BCUT2D eigenvalue weighted by atomic mass is 9.96. The molecule has 0 aliphatic carbocycles. The minimum atomic E-state index is -4.35. The number of nitrogens with zero attached hydrogens (tertiary/aromatic N) is 1. The maximum Gasteiger partial charge on any atom is 0.416 e. The standard InChI is InChI=1S/C15H21F3N2O/c1-2-20-14(6-5-11-4-3-9-21-11)12-10-19-8-7-13(12)15(16,17)18/h7-8,10-11,14,20H,2-6,9H2,1H3. The molecule has 0 radical (unpaired) electrons. The highest BCUT2D eigenvalue weighted by atomic mass is 19.4. The maximum absolute atomic E-state index is 13.1. The van der Waals surface area contributed by atoms with E-state index in [2.05, 4.69) is 10.3 Å². The van der Waals surface area contributed by atoms with Crippen LogP contribution in [0, 0.1) is 0 Å². The van der Waals surface area contributed by atoms with Gasteiger partial charge >= 0.3 is 6.18 Å². The number of alkyl halides is 3. The fourth-order valence-corrected chi connectivity index (χ4v) is 2.78. The zero-order chi connectivity index (χ0) is 15.3. The molecule has 6 heteroatoms. The molecule has 2 rings (SSSR count). The van der Waals surface area contributed by atoms with E-state index >= 15 is 0 Å². The summed E-state index contributed by atoms with van der Waals surface area (Å²) in [5, 5.41) is 3.14. The maximum atomic E-state index is 13.1. The van der Waals surface area contributed by atoms with Crippen LogP contribution in [0.15, 0.2) is 18.5 Å². The Hall–Kier alpha value is -1.14. The molecule has 0 spiro atoms. The van der Waals surface area contributed by atoms with E-state index in [0.717, 1.165) is 31.9 Å². The van der Waals surface area contributed by atoms with Gasteiger partial charge in [0.25, 0.3) is 0 Å². The lowest BCUT2D eigenvalue weighted by molar-refractivity contribution is -0.138. The Morgan fingerprint density at radius 3 is 2.90 bits per heavy atom. The van der Waals surface area contributed by atoms with Gasteiger partial charge in [0.2, 0.25) is 0 Å². The van der Waals surface area contributed by atoms with Gasteiger partial charge in [-0.1, -0.05) is 6.92 Å². The fraction of sp³-hybridized carbons (Fsp3) is 0.667. The van der Waals surface area contributed by atoms with Crippen LogP contribution in [0.2, 0.25) is 0 Å². The molecule has 1 aliphatic heterocycles. The van der Waals surface area contributed by atoms with Gasteiger partial charge in [-0.25, -0.2) is 0 Å².